The van der Waals surface area contributed by atoms with E-state index in [4.69, 9.17) is 19.2 Å². The van der Waals surface area contributed by atoms with Crippen LogP contribution in [0.4, 0.5) is 33.6 Å². The molecule has 8 rings (SSSR count). The van der Waals surface area contributed by atoms with Gasteiger partial charge in [-0.3, -0.25) is 39.1 Å². The maximum Gasteiger partial charge on any atom is 0.408 e. The van der Waals surface area contributed by atoms with Gasteiger partial charge in [0.1, 0.15) is 35.2 Å². The first kappa shape index (κ1) is 52.4. The fourth-order valence-electron chi connectivity index (χ4n) is 9.97. The van der Waals surface area contributed by atoms with E-state index in [1.807, 2.05) is 11.9 Å². The Morgan fingerprint density at radius 3 is 2.44 bits per heavy atom. The molecule has 3 atom stereocenters. The van der Waals surface area contributed by atoms with E-state index >= 15 is 0 Å². The lowest BCUT2D eigenvalue weighted by atomic mass is 10.0. The van der Waals surface area contributed by atoms with Crippen molar-refractivity contribution in [1.82, 2.24) is 40.7 Å². The first-order valence-electron chi connectivity index (χ1n) is 25.3. The van der Waals surface area contributed by atoms with Crippen LogP contribution < -0.4 is 41.2 Å². The third kappa shape index (κ3) is 12.3. The summed E-state index contributed by atoms with van der Waals surface area (Å²) in [4.78, 5) is 106. The van der Waals surface area contributed by atoms with Gasteiger partial charge in [0.05, 0.1) is 25.6 Å². The standard InChI is InChI=1S/C51H68N12O10/c1-7-38-48(69)59(5)40-29-52-49(58-43(40)63(38)61-21-8-9-22-61)55-36-16-15-31(28-41(36)71-6)44(65)53-32-19-23-60(24-20-32)25-27-72-26-11-14-37(56-50(70)73-51(2,3)4)45(66)54-35-13-10-12-33-34(35)30-62(47(33)68)39-17-18-42(64)57-46(39)67/h10,12-13,15-16,28-29,32,37-39H,7-9,11,14,17-27,30H2,1-6H3,(H,53,65)(H,54,66)(H,56,70)(H,52,55,58)(H,57,64,67)/t37-,38-,39?/m1/s1. The second-order valence-electron chi connectivity index (χ2n) is 20.0. The van der Waals surface area contributed by atoms with Crippen molar-refractivity contribution in [3.05, 3.63) is 59.3 Å². The number of carbonyl (C=O) groups is 7. The minimum Gasteiger partial charge on any atom is -0.495 e. The van der Waals surface area contributed by atoms with Gasteiger partial charge in [-0.25, -0.2) is 14.8 Å². The Morgan fingerprint density at radius 1 is 0.959 bits per heavy atom. The number of amides is 7. The number of ether oxygens (including phenoxy) is 3. The van der Waals surface area contributed by atoms with Gasteiger partial charge in [-0.15, -0.1) is 0 Å². The van der Waals surface area contributed by atoms with Crippen molar-refractivity contribution < 1.29 is 47.8 Å². The number of aromatic nitrogens is 2. The van der Waals surface area contributed by atoms with Crippen molar-refractivity contribution in [3.63, 3.8) is 0 Å². The van der Waals surface area contributed by atoms with E-state index in [2.05, 4.69) is 41.5 Å². The molecule has 3 fully saturated rings. The fraction of sp³-hybridized carbons (Fsp3) is 0.549. The number of hydrazine groups is 1. The number of rotatable bonds is 18. The summed E-state index contributed by atoms with van der Waals surface area (Å²) in [6.45, 7) is 12.0. The van der Waals surface area contributed by atoms with Crippen LogP contribution in [0.25, 0.3) is 0 Å². The van der Waals surface area contributed by atoms with Crippen LogP contribution in [0.3, 0.4) is 0 Å². The second-order valence-corrected chi connectivity index (χ2v) is 20.0. The minimum atomic E-state index is -0.991. The number of likely N-dealkylation sites (tertiary alicyclic amines) is 1. The molecular formula is C51H68N12O10. The predicted molar refractivity (Wildman–Crippen MR) is 270 cm³/mol. The van der Waals surface area contributed by atoms with E-state index < -0.39 is 35.6 Å². The fourth-order valence-corrected chi connectivity index (χ4v) is 9.97. The molecule has 7 amide bonds. The highest BCUT2D eigenvalue weighted by Gasteiger charge is 2.42. The van der Waals surface area contributed by atoms with Crippen molar-refractivity contribution in [1.29, 1.82) is 0 Å². The number of imide groups is 1. The van der Waals surface area contributed by atoms with Crippen LogP contribution in [0, 0.1) is 0 Å². The number of nitrogens with one attached hydrogen (secondary N) is 5. The topological polar surface area (TPSA) is 249 Å². The third-order valence-corrected chi connectivity index (χ3v) is 13.8. The molecule has 5 aliphatic rings. The van der Waals surface area contributed by atoms with Crippen LogP contribution in [0.5, 0.6) is 5.75 Å². The van der Waals surface area contributed by atoms with Gasteiger partial charge in [0, 0.05) is 87.8 Å². The van der Waals surface area contributed by atoms with Crippen LogP contribution >= 0.6 is 0 Å². The molecule has 22 heteroatoms. The van der Waals surface area contributed by atoms with Gasteiger partial charge >= 0.3 is 6.09 Å². The Kier molecular flexibility index (Phi) is 16.4. The number of nitrogens with zero attached hydrogens (tertiary/aromatic N) is 7. The molecule has 0 saturated carbocycles. The molecule has 2 aromatic carbocycles. The SMILES string of the molecule is CC[C@@H]1C(=O)N(C)c2cnc(Nc3ccc(C(=O)NC4CCN(CCOCCC[C@@H](NC(=O)OC(C)(C)C)C(=O)Nc5cccc6c5CN(C5CCC(=O)NC5=O)C6=O)CC4)cc3OC)nc2N1N1CCCC1. The van der Waals surface area contributed by atoms with Gasteiger partial charge in [0.15, 0.2) is 5.82 Å². The van der Waals surface area contributed by atoms with Crippen molar-refractivity contribution in [2.75, 3.05) is 80.6 Å². The number of likely N-dealkylation sites (N-methyl/N-ethyl adjacent to an activating group) is 1. The molecule has 0 spiro atoms. The summed E-state index contributed by atoms with van der Waals surface area (Å²) in [5.74, 6) is -0.521. The highest BCUT2D eigenvalue weighted by Crippen LogP contribution is 2.38. The maximum atomic E-state index is 13.8. The van der Waals surface area contributed by atoms with Crippen molar-refractivity contribution in [2.24, 2.45) is 0 Å². The zero-order valence-corrected chi connectivity index (χ0v) is 42.6. The maximum absolute atomic E-state index is 13.8. The number of methoxy groups -OCH3 is 1. The van der Waals surface area contributed by atoms with E-state index in [1.54, 1.807) is 82.4 Å². The average Bonchev–Trinajstić information content (AvgIpc) is 4.02. The number of anilines is 5. The van der Waals surface area contributed by atoms with Gasteiger partial charge in [-0.2, -0.15) is 4.98 Å². The van der Waals surface area contributed by atoms with Gasteiger partial charge in [-0.1, -0.05) is 13.0 Å². The molecule has 1 aromatic heterocycles. The number of fused-ring (bicyclic) bond motifs is 2. The summed E-state index contributed by atoms with van der Waals surface area (Å²) in [7, 11) is 3.30. The summed E-state index contributed by atoms with van der Waals surface area (Å²) in [5.41, 5.74) is 2.15. The largest absolute Gasteiger partial charge is 0.495 e. The summed E-state index contributed by atoms with van der Waals surface area (Å²) < 4.78 is 17.2. The number of hydrogen-bond acceptors (Lipinski definition) is 16. The van der Waals surface area contributed by atoms with Crippen LogP contribution in [0.1, 0.15) is 112 Å². The normalized spacial score (nSPS) is 20.1. The number of benzene rings is 2. The number of piperidine rings is 2. The Morgan fingerprint density at radius 2 is 1.73 bits per heavy atom. The highest BCUT2D eigenvalue weighted by atomic mass is 16.6. The molecule has 1 unspecified atom stereocenters. The first-order valence-corrected chi connectivity index (χ1v) is 25.3. The lowest BCUT2D eigenvalue weighted by molar-refractivity contribution is -0.137. The van der Waals surface area contributed by atoms with Gasteiger partial charge in [-0.05, 0) is 102 Å². The van der Waals surface area contributed by atoms with E-state index in [9.17, 15) is 33.6 Å². The molecule has 73 heavy (non-hydrogen) atoms. The molecule has 5 N–H and O–H groups in total. The van der Waals surface area contributed by atoms with Crippen molar-refractivity contribution in [2.45, 2.75) is 122 Å². The predicted octanol–water partition coefficient (Wildman–Crippen LogP) is 4.09. The summed E-state index contributed by atoms with van der Waals surface area (Å²) >= 11 is 0. The zero-order valence-electron chi connectivity index (χ0n) is 42.6. The van der Waals surface area contributed by atoms with Crippen LogP contribution in [-0.2, 0) is 35.2 Å². The van der Waals surface area contributed by atoms with Gasteiger partial charge in [0.25, 0.3) is 17.7 Å². The highest BCUT2D eigenvalue weighted by molar-refractivity contribution is 6.07. The summed E-state index contributed by atoms with van der Waals surface area (Å²) in [6, 6.07) is 7.97. The molecule has 6 heterocycles. The summed E-state index contributed by atoms with van der Waals surface area (Å²) in [6.07, 6.45) is 6.17. The van der Waals surface area contributed by atoms with Crippen molar-refractivity contribution in [3.8, 4) is 5.75 Å². The van der Waals surface area contributed by atoms with E-state index in [-0.39, 0.29) is 61.5 Å². The molecule has 0 bridgehead atoms. The first-order chi connectivity index (χ1) is 35.0. The monoisotopic (exact) mass is 1010 g/mol. The summed E-state index contributed by atoms with van der Waals surface area (Å²) in [5, 5.41) is 18.6. The van der Waals surface area contributed by atoms with Crippen LogP contribution in [0.15, 0.2) is 42.6 Å². The number of carbonyl (C=O) groups excluding carboxylic acids is 7. The quantitative estimate of drug-likeness (QED) is 0.0890. The van der Waals surface area contributed by atoms with E-state index in [1.165, 1.54) is 4.90 Å². The molecule has 5 aliphatic heterocycles. The Bertz CT molecular complexity index is 2580. The lowest BCUT2D eigenvalue weighted by Gasteiger charge is -2.44. The third-order valence-electron chi connectivity index (χ3n) is 13.8. The van der Waals surface area contributed by atoms with Gasteiger partial charge < -0.3 is 50.2 Å². The number of alkyl carbamates (subject to hydrolysis) is 1. The molecule has 0 radical (unpaired) electrons. The van der Waals surface area contributed by atoms with E-state index in [0.717, 1.165) is 51.9 Å². The lowest BCUT2D eigenvalue weighted by Crippen LogP contribution is -2.58. The molecule has 3 saturated heterocycles. The molecule has 3 aromatic rings. The molecular weight excluding hydrogens is 941 g/mol. The Hall–Kier alpha value is -6.91. The van der Waals surface area contributed by atoms with Crippen LogP contribution in [-0.4, -0.2) is 156 Å². The second kappa shape index (κ2) is 22.9. The zero-order chi connectivity index (χ0) is 52.0. The number of hydrogen-bond donors (Lipinski definition) is 5. The van der Waals surface area contributed by atoms with Gasteiger partial charge in [0.2, 0.25) is 23.7 Å². The minimum absolute atomic E-state index is 0.00997. The van der Waals surface area contributed by atoms with Crippen LogP contribution in [0.2, 0.25) is 0 Å². The molecule has 392 valence electrons. The van der Waals surface area contributed by atoms with Crippen molar-refractivity contribution >= 4 is 70.4 Å². The average molecular weight is 1010 g/mol. The Labute approximate surface area is 425 Å². The molecule has 0 aliphatic carbocycles. The Balaban J connectivity index is 0.786. The molecule has 22 nitrogen and oxygen atoms in total. The van der Waals surface area contributed by atoms with E-state index in [0.29, 0.717) is 83.9 Å². The smallest absolute Gasteiger partial charge is 0.408 e.